The maximum Gasteiger partial charge on any atom is 0.311 e. The third-order valence-electron chi connectivity index (χ3n) is 2.57. The van der Waals surface area contributed by atoms with Crippen LogP contribution >= 0.6 is 11.6 Å². The van der Waals surface area contributed by atoms with Gasteiger partial charge in [-0.15, -0.1) is 0 Å². The molecule has 20 heavy (non-hydrogen) atoms. The van der Waals surface area contributed by atoms with Crippen LogP contribution in [0.25, 0.3) is 0 Å². The highest BCUT2D eigenvalue weighted by Gasteiger charge is 2.08. The fourth-order valence-electron chi connectivity index (χ4n) is 1.46. The Bertz CT molecular complexity index is 428. The Morgan fingerprint density at radius 1 is 1.05 bits per heavy atom. The van der Waals surface area contributed by atoms with E-state index in [0.29, 0.717) is 23.8 Å². The van der Waals surface area contributed by atoms with Crippen molar-refractivity contribution in [3.05, 3.63) is 29.3 Å². The average Bonchev–Trinajstić information content (AvgIpc) is 2.42. The number of ether oxygens (including phenoxy) is 2. The van der Waals surface area contributed by atoms with Crippen LogP contribution in [0.2, 0.25) is 5.02 Å². The Kier molecular flexibility index (Phi) is 7.73. The van der Waals surface area contributed by atoms with E-state index in [4.69, 9.17) is 21.1 Å². The molecule has 0 saturated carbocycles. The Morgan fingerprint density at radius 2 is 1.70 bits per heavy atom. The summed E-state index contributed by atoms with van der Waals surface area (Å²) in [4.78, 5) is 22.8. The Hall–Kier alpha value is -1.55. The predicted octanol–water partition coefficient (Wildman–Crippen LogP) is 3.76. The largest absolute Gasteiger partial charge is 0.466 e. The summed E-state index contributed by atoms with van der Waals surface area (Å²) >= 11 is 5.73. The summed E-state index contributed by atoms with van der Waals surface area (Å²) in [5.41, 5.74) is 0. The summed E-state index contributed by atoms with van der Waals surface area (Å²) < 4.78 is 10.1. The minimum Gasteiger partial charge on any atom is -0.466 e. The number of unbranched alkanes of at least 4 members (excludes halogenated alkanes) is 1. The van der Waals surface area contributed by atoms with Gasteiger partial charge in [0, 0.05) is 17.9 Å². The number of carbonyl (C=O) groups excluding carboxylic acids is 2. The first-order chi connectivity index (χ1) is 9.61. The standard InChI is InChI=1S/C15H19ClO4/c1-2-3-11-19-14(17)5-4-6-15(18)20-13-9-7-12(16)8-10-13/h7-10H,2-6,11H2,1H3. The number of benzene rings is 1. The second kappa shape index (κ2) is 9.37. The minimum atomic E-state index is -0.367. The van der Waals surface area contributed by atoms with Crippen LogP contribution in [-0.2, 0) is 14.3 Å². The van der Waals surface area contributed by atoms with Crippen LogP contribution in [0.1, 0.15) is 39.0 Å². The third-order valence-corrected chi connectivity index (χ3v) is 2.82. The number of rotatable bonds is 8. The Labute approximate surface area is 124 Å². The molecule has 0 aromatic heterocycles. The van der Waals surface area contributed by atoms with E-state index in [1.807, 2.05) is 6.92 Å². The smallest absolute Gasteiger partial charge is 0.311 e. The lowest BCUT2D eigenvalue weighted by Gasteiger charge is -2.05. The maximum absolute atomic E-state index is 11.5. The zero-order chi connectivity index (χ0) is 14.8. The number of hydrogen-bond donors (Lipinski definition) is 0. The Balaban J connectivity index is 2.17. The van der Waals surface area contributed by atoms with Crippen molar-refractivity contribution in [1.29, 1.82) is 0 Å². The van der Waals surface area contributed by atoms with Gasteiger partial charge in [-0.3, -0.25) is 9.59 Å². The molecular weight excluding hydrogens is 280 g/mol. The summed E-state index contributed by atoms with van der Waals surface area (Å²) in [5, 5.41) is 0.583. The molecule has 0 saturated heterocycles. The average molecular weight is 299 g/mol. The molecule has 0 heterocycles. The molecule has 0 bridgehead atoms. The third kappa shape index (κ3) is 7.14. The number of carbonyl (C=O) groups is 2. The molecule has 0 N–H and O–H groups in total. The molecule has 0 amide bonds. The van der Waals surface area contributed by atoms with Crippen molar-refractivity contribution in [2.24, 2.45) is 0 Å². The van der Waals surface area contributed by atoms with E-state index in [1.165, 1.54) is 0 Å². The minimum absolute atomic E-state index is 0.186. The van der Waals surface area contributed by atoms with E-state index in [2.05, 4.69) is 0 Å². The number of hydrogen-bond acceptors (Lipinski definition) is 4. The summed E-state index contributed by atoms with van der Waals surface area (Å²) in [6.45, 7) is 2.48. The van der Waals surface area contributed by atoms with Crippen LogP contribution < -0.4 is 4.74 Å². The molecule has 0 fully saturated rings. The molecule has 4 nitrogen and oxygen atoms in total. The number of halogens is 1. The molecule has 1 aromatic rings. The molecule has 0 radical (unpaired) electrons. The van der Waals surface area contributed by atoms with Crippen molar-refractivity contribution in [3.8, 4) is 5.75 Å². The van der Waals surface area contributed by atoms with Crippen LogP contribution in [0.3, 0.4) is 0 Å². The molecule has 0 aliphatic carbocycles. The monoisotopic (exact) mass is 298 g/mol. The van der Waals surface area contributed by atoms with Crippen molar-refractivity contribution >= 4 is 23.5 Å². The highest BCUT2D eigenvalue weighted by atomic mass is 35.5. The molecule has 1 rings (SSSR count). The first-order valence-corrected chi connectivity index (χ1v) is 7.11. The zero-order valence-corrected chi connectivity index (χ0v) is 12.3. The second-order valence-electron chi connectivity index (χ2n) is 4.36. The fourth-order valence-corrected chi connectivity index (χ4v) is 1.59. The number of esters is 2. The lowest BCUT2D eigenvalue weighted by atomic mass is 10.2. The molecule has 110 valence electrons. The zero-order valence-electron chi connectivity index (χ0n) is 11.6. The van der Waals surface area contributed by atoms with Gasteiger partial charge in [0.1, 0.15) is 5.75 Å². The van der Waals surface area contributed by atoms with Crippen molar-refractivity contribution in [2.45, 2.75) is 39.0 Å². The lowest BCUT2D eigenvalue weighted by Crippen LogP contribution is -2.10. The Morgan fingerprint density at radius 3 is 2.35 bits per heavy atom. The lowest BCUT2D eigenvalue weighted by molar-refractivity contribution is -0.144. The van der Waals surface area contributed by atoms with Gasteiger partial charge in [-0.2, -0.15) is 0 Å². The van der Waals surface area contributed by atoms with E-state index < -0.39 is 0 Å². The topological polar surface area (TPSA) is 52.6 Å². The van der Waals surface area contributed by atoms with Gasteiger partial charge < -0.3 is 9.47 Å². The normalized spacial score (nSPS) is 10.1. The van der Waals surface area contributed by atoms with Crippen molar-refractivity contribution in [3.63, 3.8) is 0 Å². The van der Waals surface area contributed by atoms with Crippen molar-refractivity contribution < 1.29 is 19.1 Å². The summed E-state index contributed by atoms with van der Waals surface area (Å²) in [7, 11) is 0. The van der Waals surface area contributed by atoms with Gasteiger partial charge in [0.05, 0.1) is 6.61 Å². The SMILES string of the molecule is CCCCOC(=O)CCCC(=O)Oc1ccc(Cl)cc1. The van der Waals surface area contributed by atoms with Crippen LogP contribution in [-0.4, -0.2) is 18.5 Å². The predicted molar refractivity (Wildman–Crippen MR) is 76.8 cm³/mol. The second-order valence-corrected chi connectivity index (χ2v) is 4.79. The molecular formula is C15H19ClO4. The van der Waals surface area contributed by atoms with E-state index >= 15 is 0 Å². The van der Waals surface area contributed by atoms with E-state index in [1.54, 1.807) is 24.3 Å². The maximum atomic E-state index is 11.5. The van der Waals surface area contributed by atoms with Crippen LogP contribution in [0, 0.1) is 0 Å². The quantitative estimate of drug-likeness (QED) is 0.416. The highest BCUT2D eigenvalue weighted by Crippen LogP contribution is 2.16. The molecule has 1 aromatic carbocycles. The van der Waals surface area contributed by atoms with Gasteiger partial charge in [0.2, 0.25) is 0 Å². The molecule has 0 aliphatic rings. The molecule has 0 spiro atoms. The van der Waals surface area contributed by atoms with Crippen LogP contribution in [0.5, 0.6) is 5.75 Å². The summed E-state index contributed by atoms with van der Waals surface area (Å²) in [5.74, 6) is -0.184. The van der Waals surface area contributed by atoms with Gasteiger partial charge in [0.25, 0.3) is 0 Å². The summed E-state index contributed by atoms with van der Waals surface area (Å²) in [6.07, 6.45) is 2.70. The van der Waals surface area contributed by atoms with E-state index in [9.17, 15) is 9.59 Å². The van der Waals surface area contributed by atoms with Crippen LogP contribution in [0.15, 0.2) is 24.3 Å². The molecule has 0 atom stereocenters. The van der Waals surface area contributed by atoms with Gasteiger partial charge >= 0.3 is 11.9 Å². The molecule has 0 aliphatic heterocycles. The van der Waals surface area contributed by atoms with Gasteiger partial charge in [-0.1, -0.05) is 24.9 Å². The van der Waals surface area contributed by atoms with E-state index in [-0.39, 0.29) is 24.8 Å². The van der Waals surface area contributed by atoms with E-state index in [0.717, 1.165) is 12.8 Å². The van der Waals surface area contributed by atoms with Crippen molar-refractivity contribution in [1.82, 2.24) is 0 Å². The summed E-state index contributed by atoms with van der Waals surface area (Å²) in [6, 6.07) is 6.54. The van der Waals surface area contributed by atoms with Gasteiger partial charge in [-0.25, -0.2) is 0 Å². The van der Waals surface area contributed by atoms with Crippen molar-refractivity contribution in [2.75, 3.05) is 6.61 Å². The first kappa shape index (κ1) is 16.5. The van der Waals surface area contributed by atoms with Crippen LogP contribution in [0.4, 0.5) is 0 Å². The van der Waals surface area contributed by atoms with Gasteiger partial charge in [-0.05, 0) is 37.1 Å². The molecule has 0 unspecified atom stereocenters. The highest BCUT2D eigenvalue weighted by molar-refractivity contribution is 6.30. The first-order valence-electron chi connectivity index (χ1n) is 6.73. The fraction of sp³-hybridized carbons (Fsp3) is 0.467. The molecule has 5 heteroatoms. The van der Waals surface area contributed by atoms with Gasteiger partial charge in [0.15, 0.2) is 0 Å².